The molecular formula is C21H23KO9S. The van der Waals surface area contributed by atoms with E-state index in [-0.39, 0.29) is 86.9 Å². The van der Waals surface area contributed by atoms with Crippen LogP contribution in [0.25, 0.3) is 0 Å². The van der Waals surface area contributed by atoms with Crippen LogP contribution in [0.3, 0.4) is 0 Å². The average molecular weight is 491 g/mol. The van der Waals surface area contributed by atoms with E-state index in [0.717, 1.165) is 5.56 Å². The van der Waals surface area contributed by atoms with Gasteiger partial charge in [0.1, 0.15) is 0 Å². The molecule has 0 saturated carbocycles. The smallest absolute Gasteiger partial charge is 0.716 e. The van der Waals surface area contributed by atoms with Crippen LogP contribution in [-0.4, -0.2) is 47.5 Å². The molecule has 2 fully saturated rings. The van der Waals surface area contributed by atoms with Gasteiger partial charge in [-0.05, 0) is 35.4 Å². The molecule has 32 heavy (non-hydrogen) atoms. The van der Waals surface area contributed by atoms with Crippen molar-refractivity contribution >= 4 is 10.4 Å². The molecular weight excluding hydrogens is 467 g/mol. The molecule has 0 N–H and O–H groups in total. The fourth-order valence-electron chi connectivity index (χ4n) is 4.31. The molecule has 2 aromatic carbocycles. The Hall–Kier alpha value is -0.894. The molecule has 9 nitrogen and oxygen atoms in total. The summed E-state index contributed by atoms with van der Waals surface area (Å²) in [5.41, 5.74) is 1.65. The van der Waals surface area contributed by atoms with Crippen LogP contribution in [-0.2, 0) is 19.9 Å². The Kier molecular flexibility index (Phi) is 8.50. The normalized spacial score (nSPS) is 24.4. The van der Waals surface area contributed by atoms with Gasteiger partial charge in [-0.15, -0.1) is 0 Å². The average Bonchev–Trinajstić information content (AvgIpc) is 3.34. The minimum absolute atomic E-state index is 0. The fourth-order valence-corrected chi connectivity index (χ4v) is 4.66. The van der Waals surface area contributed by atoms with Crippen LogP contribution in [0, 0.1) is 11.8 Å². The van der Waals surface area contributed by atoms with E-state index >= 15 is 0 Å². The van der Waals surface area contributed by atoms with Crippen molar-refractivity contribution in [2.75, 3.05) is 34.5 Å². The molecule has 168 valence electrons. The molecule has 2 aliphatic heterocycles. The number of hydrogen-bond acceptors (Lipinski definition) is 9. The van der Waals surface area contributed by atoms with Crippen molar-refractivity contribution in [2.45, 2.75) is 12.2 Å². The van der Waals surface area contributed by atoms with Crippen molar-refractivity contribution in [3.63, 3.8) is 0 Å². The Balaban J connectivity index is 0.00000289. The van der Waals surface area contributed by atoms with Crippen LogP contribution >= 0.6 is 0 Å². The van der Waals surface area contributed by atoms with Crippen molar-refractivity contribution in [1.82, 2.24) is 0 Å². The van der Waals surface area contributed by atoms with Gasteiger partial charge in [0, 0.05) is 11.8 Å². The maximum Gasteiger partial charge on any atom is 1.00 e. The number of hydrogen-bond donors (Lipinski definition) is 0. The molecule has 2 saturated heterocycles. The second-order valence-corrected chi connectivity index (χ2v) is 8.34. The standard InChI is InChI=1S/C21H24O9S.K/c1-25-16-6-4-12(8-18(16)27-3)20-14-10-29-21(15(14)11-28-20)13-5-7-17(26-2)19(9-13)30-31(22,23)24;/h4-9,14-15,20-21H,10-11H2,1-3H3,(H,22,23,24);/q;+1/p-1/t14?,15?,20-,21+;/m1./s1. The summed E-state index contributed by atoms with van der Waals surface area (Å²) in [5.74, 6) is 1.38. The zero-order valence-corrected chi connectivity index (χ0v) is 22.2. The first kappa shape index (κ1) is 25.7. The van der Waals surface area contributed by atoms with E-state index in [9.17, 15) is 13.0 Å². The zero-order chi connectivity index (χ0) is 22.2. The number of rotatable bonds is 7. The van der Waals surface area contributed by atoms with Gasteiger partial charge in [0.05, 0.1) is 46.8 Å². The molecule has 0 spiro atoms. The molecule has 11 heteroatoms. The SMILES string of the molecule is COc1ccc([C@H]2OCC3C2CO[C@H]3c2ccc(OC)c(OS(=O)(=O)[O-])c2)cc1OC.[K+]. The molecule has 0 aliphatic carbocycles. The van der Waals surface area contributed by atoms with Crippen LogP contribution in [0.5, 0.6) is 23.0 Å². The Labute approximate surface area is 229 Å². The monoisotopic (exact) mass is 490 g/mol. The van der Waals surface area contributed by atoms with Crippen molar-refractivity contribution in [2.24, 2.45) is 11.8 Å². The first-order valence-electron chi connectivity index (χ1n) is 9.63. The molecule has 2 unspecified atom stereocenters. The Morgan fingerprint density at radius 2 is 1.22 bits per heavy atom. The third-order valence-corrected chi connectivity index (χ3v) is 6.09. The van der Waals surface area contributed by atoms with Crippen LogP contribution in [0.15, 0.2) is 36.4 Å². The minimum Gasteiger partial charge on any atom is -0.716 e. The van der Waals surface area contributed by atoms with Gasteiger partial charge >= 0.3 is 51.4 Å². The molecule has 2 aliphatic rings. The van der Waals surface area contributed by atoms with Crippen molar-refractivity contribution < 1.29 is 92.2 Å². The van der Waals surface area contributed by atoms with Crippen LogP contribution < -0.4 is 69.8 Å². The molecule has 0 amide bonds. The van der Waals surface area contributed by atoms with E-state index in [1.54, 1.807) is 26.4 Å². The molecule has 2 heterocycles. The molecule has 4 atom stereocenters. The second-order valence-electron chi connectivity index (χ2n) is 7.35. The number of methoxy groups -OCH3 is 3. The predicted octanol–water partition coefficient (Wildman–Crippen LogP) is -0.369. The van der Waals surface area contributed by atoms with Crippen molar-refractivity contribution in [3.05, 3.63) is 47.5 Å². The Bertz CT molecular complexity index is 1060. The maximum atomic E-state index is 11.1. The quantitative estimate of drug-likeness (QED) is 0.291. The van der Waals surface area contributed by atoms with Gasteiger partial charge in [0.2, 0.25) is 0 Å². The van der Waals surface area contributed by atoms with E-state index < -0.39 is 10.4 Å². The molecule has 2 aromatic rings. The Morgan fingerprint density at radius 3 is 1.66 bits per heavy atom. The van der Waals surface area contributed by atoms with E-state index in [1.165, 1.54) is 13.2 Å². The number of benzene rings is 2. The van der Waals surface area contributed by atoms with Gasteiger partial charge in [0.15, 0.2) is 23.0 Å². The first-order valence-corrected chi connectivity index (χ1v) is 11.0. The third-order valence-electron chi connectivity index (χ3n) is 5.71. The van der Waals surface area contributed by atoms with Gasteiger partial charge in [-0.3, -0.25) is 0 Å². The minimum atomic E-state index is -4.94. The third kappa shape index (κ3) is 5.26. The molecule has 0 aromatic heterocycles. The van der Waals surface area contributed by atoms with Gasteiger partial charge in [-0.2, -0.15) is 0 Å². The summed E-state index contributed by atoms with van der Waals surface area (Å²) in [6, 6.07) is 10.5. The van der Waals surface area contributed by atoms with Crippen molar-refractivity contribution in [3.8, 4) is 23.0 Å². The van der Waals surface area contributed by atoms with E-state index in [2.05, 4.69) is 4.18 Å². The molecule has 4 rings (SSSR count). The fraction of sp³-hybridized carbons (Fsp3) is 0.429. The van der Waals surface area contributed by atoms with E-state index in [0.29, 0.717) is 30.3 Å². The van der Waals surface area contributed by atoms with Gasteiger partial charge < -0.3 is 32.4 Å². The summed E-state index contributed by atoms with van der Waals surface area (Å²) in [5, 5.41) is 0. The van der Waals surface area contributed by atoms with Crippen LogP contribution in [0.2, 0.25) is 0 Å². The second kappa shape index (κ2) is 10.6. The number of ether oxygens (including phenoxy) is 5. The van der Waals surface area contributed by atoms with Gasteiger partial charge in [0.25, 0.3) is 10.4 Å². The summed E-state index contributed by atoms with van der Waals surface area (Å²) < 4.78 is 65.8. The summed E-state index contributed by atoms with van der Waals surface area (Å²) in [6.45, 7) is 0.937. The van der Waals surface area contributed by atoms with Crippen molar-refractivity contribution in [1.29, 1.82) is 0 Å². The summed E-state index contributed by atoms with van der Waals surface area (Å²) in [7, 11) is -0.415. The largest absolute Gasteiger partial charge is 1.00 e. The first-order chi connectivity index (χ1) is 14.8. The van der Waals surface area contributed by atoms with E-state index in [4.69, 9.17) is 23.7 Å². The molecule has 0 bridgehead atoms. The van der Waals surface area contributed by atoms with Crippen LogP contribution in [0.1, 0.15) is 23.3 Å². The topological polar surface area (TPSA) is 113 Å². The summed E-state index contributed by atoms with van der Waals surface area (Å²) in [6.07, 6.45) is -0.511. The van der Waals surface area contributed by atoms with Crippen LogP contribution in [0.4, 0.5) is 0 Å². The van der Waals surface area contributed by atoms with E-state index in [1.807, 2.05) is 18.2 Å². The summed E-state index contributed by atoms with van der Waals surface area (Å²) >= 11 is 0. The number of fused-ring (bicyclic) bond motifs is 1. The Morgan fingerprint density at radius 1 is 0.781 bits per heavy atom. The maximum absolute atomic E-state index is 11.1. The predicted molar refractivity (Wildman–Crippen MR) is 107 cm³/mol. The van der Waals surface area contributed by atoms with Gasteiger partial charge in [-0.1, -0.05) is 12.1 Å². The zero-order valence-electron chi connectivity index (χ0n) is 18.3. The molecule has 0 radical (unpaired) electrons. The van der Waals surface area contributed by atoms with Gasteiger partial charge in [-0.25, -0.2) is 8.42 Å². The summed E-state index contributed by atoms with van der Waals surface area (Å²) in [4.78, 5) is 0.